The normalized spacial score (nSPS) is 19.9. The van der Waals surface area contributed by atoms with Gasteiger partial charge in [0.1, 0.15) is 0 Å². The third-order valence-corrected chi connectivity index (χ3v) is 4.81. The van der Waals surface area contributed by atoms with Gasteiger partial charge >= 0.3 is 6.09 Å². The van der Waals surface area contributed by atoms with Crippen molar-refractivity contribution >= 4 is 12.1 Å². The van der Waals surface area contributed by atoms with E-state index >= 15 is 0 Å². The molecule has 0 radical (unpaired) electrons. The number of likely N-dealkylation sites (tertiary alicyclic amines) is 2. The zero-order valence-electron chi connectivity index (χ0n) is 15.9. The molecule has 2 rings (SSSR count). The van der Waals surface area contributed by atoms with Crippen LogP contribution in [0.5, 0.6) is 0 Å². The Hall–Kier alpha value is -1.50. The Labute approximate surface area is 152 Å². The number of nitrogens with zero attached hydrogens (tertiary/aromatic N) is 3. The predicted octanol–water partition coefficient (Wildman–Crippen LogP) is 1.65. The van der Waals surface area contributed by atoms with Crippen molar-refractivity contribution in [3.63, 3.8) is 0 Å². The summed E-state index contributed by atoms with van der Waals surface area (Å²) in [6, 6.07) is 0.363. The van der Waals surface area contributed by atoms with Crippen molar-refractivity contribution in [2.24, 2.45) is 4.99 Å². The summed E-state index contributed by atoms with van der Waals surface area (Å²) in [5, 5.41) is 6.86. The van der Waals surface area contributed by atoms with Crippen molar-refractivity contribution in [3.8, 4) is 0 Å². The average molecular weight is 354 g/mol. The maximum Gasteiger partial charge on any atom is 0.409 e. The Morgan fingerprint density at radius 1 is 1.16 bits per heavy atom. The molecule has 1 amide bonds. The van der Waals surface area contributed by atoms with E-state index < -0.39 is 0 Å². The molecule has 0 aromatic rings. The first-order valence-corrected chi connectivity index (χ1v) is 9.91. The molecule has 0 bridgehead atoms. The maximum atomic E-state index is 11.8. The van der Waals surface area contributed by atoms with Gasteiger partial charge in [0.05, 0.1) is 6.61 Å². The fourth-order valence-corrected chi connectivity index (χ4v) is 3.43. The summed E-state index contributed by atoms with van der Waals surface area (Å²) in [6.45, 7) is 11.2. The van der Waals surface area contributed by atoms with Gasteiger partial charge in [-0.2, -0.15) is 0 Å². The van der Waals surface area contributed by atoms with Gasteiger partial charge in [0.15, 0.2) is 5.96 Å². The molecule has 2 aliphatic heterocycles. The Morgan fingerprint density at radius 3 is 2.52 bits per heavy atom. The van der Waals surface area contributed by atoms with Crippen molar-refractivity contribution in [3.05, 3.63) is 0 Å². The van der Waals surface area contributed by atoms with Crippen molar-refractivity contribution in [1.29, 1.82) is 0 Å². The van der Waals surface area contributed by atoms with E-state index in [1.807, 2.05) is 6.92 Å². The van der Waals surface area contributed by atoms with E-state index in [1.54, 1.807) is 4.90 Å². The number of ether oxygens (including phenoxy) is 1. The summed E-state index contributed by atoms with van der Waals surface area (Å²) in [7, 11) is 0. The second-order valence-corrected chi connectivity index (χ2v) is 6.77. The molecule has 2 aliphatic rings. The number of carbonyl (C=O) groups excluding carboxylic acids is 1. The van der Waals surface area contributed by atoms with E-state index in [0.29, 0.717) is 12.6 Å². The molecule has 0 aromatic carbocycles. The molecule has 0 atom stereocenters. The molecular formula is C18H35N5O2. The fourth-order valence-electron chi connectivity index (χ4n) is 3.43. The number of guanidine groups is 1. The van der Waals surface area contributed by atoms with Crippen LogP contribution in [-0.2, 0) is 4.74 Å². The van der Waals surface area contributed by atoms with Crippen molar-refractivity contribution in [1.82, 2.24) is 20.4 Å². The van der Waals surface area contributed by atoms with Crippen LogP contribution in [0.15, 0.2) is 4.99 Å². The quantitative estimate of drug-likeness (QED) is 0.414. The SMILES string of the molecule is CCNC(=NCCCN1CCCC1)NC1CCN(C(=O)OCC)CC1. The number of piperidine rings is 1. The van der Waals surface area contributed by atoms with Crippen LogP contribution in [0, 0.1) is 0 Å². The zero-order chi connectivity index (χ0) is 17.9. The van der Waals surface area contributed by atoms with Crippen LogP contribution < -0.4 is 10.6 Å². The number of hydrogen-bond acceptors (Lipinski definition) is 4. The third kappa shape index (κ3) is 7.10. The minimum Gasteiger partial charge on any atom is -0.450 e. The highest BCUT2D eigenvalue weighted by atomic mass is 16.6. The summed E-state index contributed by atoms with van der Waals surface area (Å²) in [5.41, 5.74) is 0. The van der Waals surface area contributed by atoms with Gasteiger partial charge in [0.2, 0.25) is 0 Å². The van der Waals surface area contributed by atoms with Gasteiger partial charge < -0.3 is 25.2 Å². The second-order valence-electron chi connectivity index (χ2n) is 6.77. The minimum absolute atomic E-state index is 0.191. The van der Waals surface area contributed by atoms with Crippen LogP contribution in [-0.4, -0.2) is 80.3 Å². The summed E-state index contributed by atoms with van der Waals surface area (Å²) in [4.78, 5) is 20.8. The van der Waals surface area contributed by atoms with Crippen LogP contribution in [0.1, 0.15) is 46.0 Å². The Morgan fingerprint density at radius 2 is 1.88 bits per heavy atom. The highest BCUT2D eigenvalue weighted by Crippen LogP contribution is 2.11. The van der Waals surface area contributed by atoms with Crippen LogP contribution in [0.4, 0.5) is 4.79 Å². The molecule has 0 spiro atoms. The van der Waals surface area contributed by atoms with Gasteiger partial charge in [0, 0.05) is 32.2 Å². The van der Waals surface area contributed by atoms with Gasteiger partial charge in [-0.25, -0.2) is 4.79 Å². The number of carbonyl (C=O) groups is 1. The Balaban J connectivity index is 1.69. The van der Waals surface area contributed by atoms with Crippen LogP contribution in [0.25, 0.3) is 0 Å². The first-order chi connectivity index (χ1) is 12.2. The van der Waals surface area contributed by atoms with Gasteiger partial charge in [-0.05, 0) is 65.6 Å². The Kier molecular flexibility index (Phi) is 8.86. The van der Waals surface area contributed by atoms with Crippen molar-refractivity contribution < 1.29 is 9.53 Å². The van der Waals surface area contributed by atoms with Gasteiger partial charge in [-0.3, -0.25) is 4.99 Å². The van der Waals surface area contributed by atoms with E-state index in [0.717, 1.165) is 57.9 Å². The molecule has 2 N–H and O–H groups in total. The molecule has 7 heteroatoms. The predicted molar refractivity (Wildman–Crippen MR) is 101 cm³/mol. The molecule has 0 unspecified atom stereocenters. The molecule has 0 aromatic heterocycles. The fraction of sp³-hybridized carbons (Fsp3) is 0.889. The van der Waals surface area contributed by atoms with E-state index in [2.05, 4.69) is 22.5 Å². The molecule has 25 heavy (non-hydrogen) atoms. The summed E-state index contributed by atoms with van der Waals surface area (Å²) in [5.74, 6) is 0.901. The molecule has 2 fully saturated rings. The number of amides is 1. The number of rotatable bonds is 7. The first-order valence-electron chi connectivity index (χ1n) is 9.91. The Bertz CT molecular complexity index is 416. The summed E-state index contributed by atoms with van der Waals surface area (Å²) < 4.78 is 5.07. The van der Waals surface area contributed by atoms with E-state index in [1.165, 1.54) is 25.9 Å². The number of nitrogens with one attached hydrogen (secondary N) is 2. The van der Waals surface area contributed by atoms with Crippen molar-refractivity contribution in [2.75, 3.05) is 52.4 Å². The molecule has 2 heterocycles. The van der Waals surface area contributed by atoms with Crippen LogP contribution >= 0.6 is 0 Å². The molecule has 7 nitrogen and oxygen atoms in total. The third-order valence-electron chi connectivity index (χ3n) is 4.81. The molecule has 0 aliphatic carbocycles. The van der Waals surface area contributed by atoms with Crippen molar-refractivity contribution in [2.45, 2.75) is 52.0 Å². The number of hydrogen-bond donors (Lipinski definition) is 2. The topological polar surface area (TPSA) is 69.2 Å². The van der Waals surface area contributed by atoms with Gasteiger partial charge in [-0.15, -0.1) is 0 Å². The van der Waals surface area contributed by atoms with Gasteiger partial charge in [-0.1, -0.05) is 0 Å². The smallest absolute Gasteiger partial charge is 0.409 e. The lowest BCUT2D eigenvalue weighted by Crippen LogP contribution is -2.50. The second kappa shape index (κ2) is 11.2. The first kappa shape index (κ1) is 19.8. The molecule has 2 saturated heterocycles. The van der Waals surface area contributed by atoms with Gasteiger partial charge in [0.25, 0.3) is 0 Å². The largest absolute Gasteiger partial charge is 0.450 e. The van der Waals surface area contributed by atoms with E-state index in [4.69, 9.17) is 9.73 Å². The maximum absolute atomic E-state index is 11.8. The van der Waals surface area contributed by atoms with E-state index in [-0.39, 0.29) is 6.09 Å². The molecule has 144 valence electrons. The van der Waals surface area contributed by atoms with Crippen LogP contribution in [0.2, 0.25) is 0 Å². The summed E-state index contributed by atoms with van der Waals surface area (Å²) >= 11 is 0. The van der Waals surface area contributed by atoms with E-state index in [9.17, 15) is 4.79 Å². The lowest BCUT2D eigenvalue weighted by molar-refractivity contribution is 0.0963. The molecule has 0 saturated carbocycles. The molecular weight excluding hydrogens is 318 g/mol. The minimum atomic E-state index is -0.191. The number of aliphatic imine (C=N–C) groups is 1. The lowest BCUT2D eigenvalue weighted by Gasteiger charge is -2.32. The highest BCUT2D eigenvalue weighted by Gasteiger charge is 2.24. The standard InChI is InChI=1S/C18H35N5O2/c1-3-19-17(20-10-7-13-22-11-5-6-12-22)21-16-8-14-23(15-9-16)18(24)25-4-2/h16H,3-15H2,1-2H3,(H2,19,20,21). The lowest BCUT2D eigenvalue weighted by atomic mass is 10.1. The average Bonchev–Trinajstić information content (AvgIpc) is 3.13. The van der Waals surface area contributed by atoms with Crippen LogP contribution in [0.3, 0.4) is 0 Å². The highest BCUT2D eigenvalue weighted by molar-refractivity contribution is 5.80. The summed E-state index contributed by atoms with van der Waals surface area (Å²) in [6.07, 6.45) is 5.46. The zero-order valence-corrected chi connectivity index (χ0v) is 15.9. The monoisotopic (exact) mass is 353 g/mol.